The highest BCUT2D eigenvalue weighted by atomic mass is 15.4. The van der Waals surface area contributed by atoms with E-state index >= 15 is 0 Å². The van der Waals surface area contributed by atoms with Crippen LogP contribution in [0, 0.1) is 0 Å². The zero-order valence-corrected chi connectivity index (χ0v) is 36.7. The lowest BCUT2D eigenvalue weighted by molar-refractivity contribution is 0.533. The average molecular weight is 831 g/mol. The van der Waals surface area contributed by atoms with Crippen LogP contribution in [0.25, 0.3) is 60.9 Å². The number of hydrogen-bond donors (Lipinski definition) is 0. The average Bonchev–Trinajstić information content (AvgIpc) is 4.00. The van der Waals surface area contributed by atoms with E-state index in [1.807, 2.05) is 6.20 Å². The summed E-state index contributed by atoms with van der Waals surface area (Å²) in [4.78, 5) is 15.3. The lowest BCUT2D eigenvalue weighted by atomic mass is 9.88. The third-order valence-electron chi connectivity index (χ3n) is 13.5. The molecule has 0 atom stereocenters. The first-order chi connectivity index (χ1) is 31.4. The minimum atomic E-state index is 0.0130. The molecule has 0 saturated carbocycles. The summed E-state index contributed by atoms with van der Waals surface area (Å²) in [6.45, 7) is 8.46. The van der Waals surface area contributed by atoms with Crippen molar-refractivity contribution in [3.8, 4) is 28.1 Å². The van der Waals surface area contributed by atoms with Gasteiger partial charge in [0, 0.05) is 46.7 Å². The SMILES string of the molecule is CC(C)(C)c1ccnc(-n2c3ccccc3c3ccc(Cc4cccc(N5CN(c6c(-c7ccccc7)cccc6-c6ccccc6)c6cc7c(cc65)nc5n7CCCC5)c4)cc32)c1. The molecule has 0 bridgehead atoms. The van der Waals surface area contributed by atoms with Crippen molar-refractivity contribution in [1.82, 2.24) is 19.1 Å². The van der Waals surface area contributed by atoms with Gasteiger partial charge in [-0.05, 0) is 101 Å². The number of aryl methyl sites for hydroxylation is 2. The van der Waals surface area contributed by atoms with Gasteiger partial charge in [0.25, 0.3) is 0 Å². The molecular formula is C58H50N6. The predicted molar refractivity (Wildman–Crippen MR) is 266 cm³/mol. The maximum atomic E-state index is 5.26. The summed E-state index contributed by atoms with van der Waals surface area (Å²) in [5, 5.41) is 2.48. The monoisotopic (exact) mass is 830 g/mol. The maximum Gasteiger partial charge on any atom is 0.137 e. The van der Waals surface area contributed by atoms with Crippen LogP contribution in [-0.4, -0.2) is 25.8 Å². The number of benzene rings is 7. The third kappa shape index (κ3) is 6.47. The van der Waals surface area contributed by atoms with E-state index in [-0.39, 0.29) is 5.41 Å². The first kappa shape index (κ1) is 38.3. The van der Waals surface area contributed by atoms with Crippen molar-refractivity contribution in [2.45, 2.75) is 58.4 Å². The van der Waals surface area contributed by atoms with E-state index < -0.39 is 0 Å². The Kier molecular flexibility index (Phi) is 9.04. The van der Waals surface area contributed by atoms with E-state index in [4.69, 9.17) is 9.97 Å². The Bertz CT molecular complexity index is 3330. The molecule has 7 aromatic carbocycles. The lowest BCUT2D eigenvalue weighted by Gasteiger charge is -2.27. The van der Waals surface area contributed by atoms with Gasteiger partial charge in [0.15, 0.2) is 0 Å². The molecule has 10 aromatic rings. The minimum Gasteiger partial charge on any atom is -0.328 e. The van der Waals surface area contributed by atoms with Gasteiger partial charge in [-0.15, -0.1) is 0 Å². The molecule has 3 aromatic heterocycles. The molecule has 312 valence electrons. The van der Waals surface area contributed by atoms with Crippen molar-refractivity contribution in [2.75, 3.05) is 16.5 Å². The first-order valence-corrected chi connectivity index (χ1v) is 22.8. The molecule has 6 heteroatoms. The number of fused-ring (bicyclic) bond motifs is 7. The highest BCUT2D eigenvalue weighted by molar-refractivity contribution is 6.09. The zero-order valence-electron chi connectivity index (χ0n) is 36.7. The van der Waals surface area contributed by atoms with Gasteiger partial charge in [-0.2, -0.15) is 0 Å². The van der Waals surface area contributed by atoms with E-state index in [9.17, 15) is 0 Å². The summed E-state index contributed by atoms with van der Waals surface area (Å²) in [5.74, 6) is 2.15. The van der Waals surface area contributed by atoms with E-state index in [0.29, 0.717) is 6.67 Å². The van der Waals surface area contributed by atoms with Crippen LogP contribution in [0.5, 0.6) is 0 Å². The molecule has 0 spiro atoms. The molecule has 0 saturated heterocycles. The van der Waals surface area contributed by atoms with E-state index in [2.05, 4.69) is 210 Å². The number of para-hydroxylation sites is 2. The summed E-state index contributed by atoms with van der Waals surface area (Å²) in [6.07, 6.45) is 6.15. The molecule has 0 N–H and O–H groups in total. The van der Waals surface area contributed by atoms with Gasteiger partial charge in [-0.1, -0.05) is 142 Å². The van der Waals surface area contributed by atoms with Crippen molar-refractivity contribution in [3.05, 3.63) is 199 Å². The van der Waals surface area contributed by atoms with Crippen LogP contribution in [0.4, 0.5) is 22.7 Å². The van der Waals surface area contributed by atoms with Crippen molar-refractivity contribution in [3.63, 3.8) is 0 Å². The standard InChI is InChI=1S/C58H50N6/c1-58(2,3)43-29-30-59-56(35-43)64-50-25-11-10-22-47(50)48-28-27-40(34-51(48)64)32-39-16-14-21-44(33-39)62-38-63(54-37-52-49(36-53(54)62)60-55-26-12-13-31-61(52)55)57-45(41-17-6-4-7-18-41)23-15-24-46(57)42-19-8-5-9-20-42/h4-11,14-25,27-30,33-37H,12-13,26,31-32,38H2,1-3H3. The van der Waals surface area contributed by atoms with Gasteiger partial charge in [-0.25, -0.2) is 9.97 Å². The number of pyridine rings is 1. The van der Waals surface area contributed by atoms with E-state index in [0.717, 1.165) is 30.7 Å². The molecule has 2 aliphatic heterocycles. The molecule has 0 radical (unpaired) electrons. The summed E-state index contributed by atoms with van der Waals surface area (Å²) < 4.78 is 4.82. The quantitative estimate of drug-likeness (QED) is 0.160. The van der Waals surface area contributed by atoms with Crippen molar-refractivity contribution in [1.29, 1.82) is 0 Å². The Morgan fingerprint density at radius 2 is 1.27 bits per heavy atom. The summed E-state index contributed by atoms with van der Waals surface area (Å²) in [6, 6.07) is 62.5. The van der Waals surface area contributed by atoms with Gasteiger partial charge in [0.05, 0.1) is 39.1 Å². The molecule has 0 unspecified atom stereocenters. The summed E-state index contributed by atoms with van der Waals surface area (Å²) in [7, 11) is 0. The van der Waals surface area contributed by atoms with Gasteiger partial charge < -0.3 is 14.4 Å². The Hall–Kier alpha value is -7.44. The van der Waals surface area contributed by atoms with Crippen LogP contribution < -0.4 is 9.80 Å². The highest BCUT2D eigenvalue weighted by Crippen LogP contribution is 2.51. The smallest absolute Gasteiger partial charge is 0.137 e. The van der Waals surface area contributed by atoms with Gasteiger partial charge in [0.1, 0.15) is 18.3 Å². The Morgan fingerprint density at radius 1 is 0.562 bits per heavy atom. The maximum absolute atomic E-state index is 5.26. The molecule has 0 amide bonds. The fraction of sp³-hybridized carbons (Fsp3) is 0.172. The fourth-order valence-corrected chi connectivity index (χ4v) is 10.3. The van der Waals surface area contributed by atoms with E-state index in [1.165, 1.54) is 108 Å². The fourth-order valence-electron chi connectivity index (χ4n) is 10.3. The second-order valence-electron chi connectivity index (χ2n) is 18.6. The van der Waals surface area contributed by atoms with Crippen LogP contribution in [0.1, 0.15) is 56.1 Å². The molecule has 0 fully saturated rings. The van der Waals surface area contributed by atoms with Crippen LogP contribution in [-0.2, 0) is 24.8 Å². The predicted octanol–water partition coefficient (Wildman–Crippen LogP) is 14.3. The van der Waals surface area contributed by atoms with Crippen molar-refractivity contribution in [2.24, 2.45) is 0 Å². The Morgan fingerprint density at radius 3 is 2.05 bits per heavy atom. The topological polar surface area (TPSA) is 42.1 Å². The van der Waals surface area contributed by atoms with Crippen LogP contribution in [0.15, 0.2) is 176 Å². The summed E-state index contributed by atoms with van der Waals surface area (Å²) >= 11 is 0. The van der Waals surface area contributed by atoms with Crippen molar-refractivity contribution >= 4 is 55.6 Å². The number of imidazole rings is 1. The first-order valence-electron chi connectivity index (χ1n) is 22.8. The molecule has 5 heterocycles. The zero-order chi connectivity index (χ0) is 42.9. The number of hydrogen-bond acceptors (Lipinski definition) is 4. The number of aromatic nitrogens is 4. The molecule has 64 heavy (non-hydrogen) atoms. The Labute approximate surface area is 374 Å². The van der Waals surface area contributed by atoms with Gasteiger partial charge in [0.2, 0.25) is 0 Å². The number of nitrogens with zero attached hydrogens (tertiary/aromatic N) is 6. The van der Waals surface area contributed by atoms with Crippen molar-refractivity contribution < 1.29 is 0 Å². The normalized spacial score (nSPS) is 13.9. The number of anilines is 4. The highest BCUT2D eigenvalue weighted by Gasteiger charge is 2.33. The van der Waals surface area contributed by atoms with E-state index in [1.54, 1.807) is 0 Å². The van der Waals surface area contributed by atoms with Gasteiger partial charge in [-0.3, -0.25) is 4.57 Å². The molecule has 0 aliphatic carbocycles. The molecular weight excluding hydrogens is 781 g/mol. The second kappa shape index (κ2) is 15.1. The summed E-state index contributed by atoms with van der Waals surface area (Å²) in [5.41, 5.74) is 18.0. The minimum absolute atomic E-state index is 0.0130. The molecule has 2 aliphatic rings. The lowest BCUT2D eigenvalue weighted by Crippen LogP contribution is -2.25. The number of rotatable bonds is 7. The van der Waals surface area contributed by atoms with Crippen LogP contribution in [0.2, 0.25) is 0 Å². The second-order valence-corrected chi connectivity index (χ2v) is 18.6. The van der Waals surface area contributed by atoms with Crippen LogP contribution in [0.3, 0.4) is 0 Å². The third-order valence-corrected chi connectivity index (χ3v) is 13.5. The van der Waals surface area contributed by atoms with Crippen LogP contribution >= 0.6 is 0 Å². The van der Waals surface area contributed by atoms with Gasteiger partial charge >= 0.3 is 0 Å². The Balaban J connectivity index is 0.978. The molecule has 12 rings (SSSR count). The largest absolute Gasteiger partial charge is 0.328 e. The molecule has 6 nitrogen and oxygen atoms in total.